The van der Waals surface area contributed by atoms with E-state index >= 15 is 0 Å². The molecule has 0 saturated carbocycles. The number of pyridine rings is 1. The zero-order chi connectivity index (χ0) is 16.2. The Kier molecular flexibility index (Phi) is 4.52. The first-order valence-electron chi connectivity index (χ1n) is 7.80. The molecule has 3 rings (SSSR count). The molecule has 0 saturated heterocycles. The van der Waals surface area contributed by atoms with Crippen LogP contribution >= 0.6 is 0 Å². The van der Waals surface area contributed by atoms with Gasteiger partial charge < -0.3 is 5.32 Å². The molecule has 1 N–H and O–H groups in total. The van der Waals surface area contributed by atoms with Gasteiger partial charge in [-0.2, -0.15) is 10.2 Å². The van der Waals surface area contributed by atoms with E-state index in [0.717, 1.165) is 17.8 Å². The molecule has 6 nitrogen and oxygen atoms in total. The van der Waals surface area contributed by atoms with E-state index in [1.54, 1.807) is 12.4 Å². The zero-order valence-corrected chi connectivity index (χ0v) is 13.7. The van der Waals surface area contributed by atoms with Crippen LogP contribution in [0, 0.1) is 0 Å². The highest BCUT2D eigenvalue weighted by atomic mass is 15.3. The maximum absolute atomic E-state index is 4.58. The minimum atomic E-state index is 0.283. The molecule has 0 amide bonds. The van der Waals surface area contributed by atoms with Crippen LogP contribution in [0.4, 0.5) is 0 Å². The lowest BCUT2D eigenvalue weighted by molar-refractivity contribution is 0.365. The highest BCUT2D eigenvalue weighted by Crippen LogP contribution is 2.21. The fourth-order valence-electron chi connectivity index (χ4n) is 2.61. The van der Waals surface area contributed by atoms with E-state index in [1.807, 2.05) is 47.0 Å². The number of aryl methyl sites for hydroxylation is 1. The molecule has 0 bridgehead atoms. The highest BCUT2D eigenvalue weighted by Gasteiger charge is 2.16. The zero-order valence-electron chi connectivity index (χ0n) is 13.7. The summed E-state index contributed by atoms with van der Waals surface area (Å²) < 4.78 is 3.83. The standard InChI is InChI=1S/C17H22N6/c1-13(14(2)23-10-4-7-20-23)19-11-16-12-22(3)21-17(16)15-5-8-18-9-6-15/h4-10,12-14,19H,11H2,1-3H3. The van der Waals surface area contributed by atoms with Crippen molar-refractivity contribution in [1.29, 1.82) is 0 Å². The van der Waals surface area contributed by atoms with Gasteiger partial charge >= 0.3 is 0 Å². The van der Waals surface area contributed by atoms with Crippen LogP contribution in [0.15, 0.2) is 49.2 Å². The molecule has 2 atom stereocenters. The lowest BCUT2D eigenvalue weighted by Gasteiger charge is -2.21. The van der Waals surface area contributed by atoms with Crippen molar-refractivity contribution >= 4 is 0 Å². The third-order valence-corrected chi connectivity index (χ3v) is 4.14. The van der Waals surface area contributed by atoms with Crippen molar-refractivity contribution in [1.82, 2.24) is 29.9 Å². The highest BCUT2D eigenvalue weighted by molar-refractivity contribution is 5.61. The van der Waals surface area contributed by atoms with Gasteiger partial charge in [-0.15, -0.1) is 0 Å². The minimum Gasteiger partial charge on any atom is -0.308 e. The molecule has 6 heteroatoms. The largest absolute Gasteiger partial charge is 0.308 e. The summed E-state index contributed by atoms with van der Waals surface area (Å²) in [6.07, 6.45) is 9.46. The van der Waals surface area contributed by atoms with Gasteiger partial charge in [-0.25, -0.2) is 0 Å². The molecule has 2 unspecified atom stereocenters. The van der Waals surface area contributed by atoms with Crippen molar-refractivity contribution in [2.24, 2.45) is 7.05 Å². The van der Waals surface area contributed by atoms with E-state index in [0.29, 0.717) is 6.04 Å². The molecule has 0 aliphatic rings. The summed E-state index contributed by atoms with van der Waals surface area (Å²) in [5.41, 5.74) is 3.27. The van der Waals surface area contributed by atoms with Gasteiger partial charge in [-0.3, -0.25) is 14.3 Å². The average Bonchev–Trinajstić information content (AvgIpc) is 3.22. The molecule has 0 fully saturated rings. The molecule has 0 aromatic carbocycles. The van der Waals surface area contributed by atoms with Crippen LogP contribution in [0.1, 0.15) is 25.5 Å². The Balaban J connectivity index is 1.71. The van der Waals surface area contributed by atoms with Gasteiger partial charge in [-0.1, -0.05) is 0 Å². The topological polar surface area (TPSA) is 60.6 Å². The summed E-state index contributed by atoms with van der Waals surface area (Å²) in [6, 6.07) is 6.50. The average molecular weight is 310 g/mol. The van der Waals surface area contributed by atoms with Crippen LogP contribution in [0.25, 0.3) is 11.3 Å². The van der Waals surface area contributed by atoms with Gasteiger partial charge in [0.25, 0.3) is 0 Å². The Morgan fingerprint density at radius 3 is 2.65 bits per heavy atom. The third-order valence-electron chi connectivity index (χ3n) is 4.14. The van der Waals surface area contributed by atoms with Crippen molar-refractivity contribution in [3.05, 3.63) is 54.7 Å². The molecule has 0 aliphatic carbocycles. The number of nitrogens with one attached hydrogen (secondary N) is 1. The van der Waals surface area contributed by atoms with Gasteiger partial charge in [0.1, 0.15) is 0 Å². The number of hydrogen-bond acceptors (Lipinski definition) is 4. The summed E-state index contributed by atoms with van der Waals surface area (Å²) in [4.78, 5) is 4.07. The van der Waals surface area contributed by atoms with E-state index in [1.165, 1.54) is 5.56 Å². The van der Waals surface area contributed by atoms with Crippen LogP contribution in [-0.4, -0.2) is 30.6 Å². The van der Waals surface area contributed by atoms with Gasteiger partial charge in [-0.05, 0) is 32.0 Å². The lowest BCUT2D eigenvalue weighted by Crippen LogP contribution is -2.33. The van der Waals surface area contributed by atoms with Gasteiger partial charge in [0.05, 0.1) is 11.7 Å². The molecule has 120 valence electrons. The Morgan fingerprint density at radius 1 is 1.17 bits per heavy atom. The van der Waals surface area contributed by atoms with Crippen molar-refractivity contribution in [3.63, 3.8) is 0 Å². The molecule has 23 heavy (non-hydrogen) atoms. The summed E-state index contributed by atoms with van der Waals surface area (Å²) in [6.45, 7) is 5.10. The van der Waals surface area contributed by atoms with E-state index < -0.39 is 0 Å². The number of hydrogen-bond donors (Lipinski definition) is 1. The van der Waals surface area contributed by atoms with Crippen LogP contribution in [-0.2, 0) is 13.6 Å². The third kappa shape index (κ3) is 3.48. The molecule has 3 heterocycles. The van der Waals surface area contributed by atoms with Crippen molar-refractivity contribution in [2.45, 2.75) is 32.5 Å². The Hall–Kier alpha value is -2.47. The monoisotopic (exact) mass is 310 g/mol. The molecular formula is C17H22N6. The van der Waals surface area contributed by atoms with Crippen molar-refractivity contribution in [3.8, 4) is 11.3 Å². The minimum absolute atomic E-state index is 0.283. The Bertz CT molecular complexity index is 732. The molecule has 3 aromatic rings. The van der Waals surface area contributed by atoms with Crippen molar-refractivity contribution in [2.75, 3.05) is 0 Å². The summed E-state index contributed by atoms with van der Waals surface area (Å²) in [7, 11) is 1.95. The van der Waals surface area contributed by atoms with Crippen molar-refractivity contribution < 1.29 is 0 Å². The summed E-state index contributed by atoms with van der Waals surface area (Å²) in [5.74, 6) is 0. The van der Waals surface area contributed by atoms with Gasteiger partial charge in [0, 0.05) is 61.7 Å². The second-order valence-corrected chi connectivity index (χ2v) is 5.81. The van der Waals surface area contributed by atoms with E-state index in [-0.39, 0.29) is 6.04 Å². The van der Waals surface area contributed by atoms with E-state index in [2.05, 4.69) is 40.5 Å². The molecule has 0 radical (unpaired) electrons. The second-order valence-electron chi connectivity index (χ2n) is 5.81. The van der Waals surface area contributed by atoms with E-state index in [9.17, 15) is 0 Å². The number of rotatable bonds is 6. The smallest absolute Gasteiger partial charge is 0.0969 e. The Morgan fingerprint density at radius 2 is 1.96 bits per heavy atom. The van der Waals surface area contributed by atoms with Crippen LogP contribution in [0.5, 0.6) is 0 Å². The first kappa shape index (κ1) is 15.4. The second kappa shape index (κ2) is 6.75. The predicted octanol–water partition coefficient (Wildman–Crippen LogP) is 2.42. The summed E-state index contributed by atoms with van der Waals surface area (Å²) >= 11 is 0. The first-order chi connectivity index (χ1) is 11.1. The summed E-state index contributed by atoms with van der Waals surface area (Å²) in [5, 5.41) is 12.5. The SMILES string of the molecule is CC(NCc1cn(C)nc1-c1ccncc1)C(C)n1cccn1. The number of nitrogens with zero attached hydrogens (tertiary/aromatic N) is 5. The maximum Gasteiger partial charge on any atom is 0.0969 e. The van der Waals surface area contributed by atoms with Gasteiger partial charge in [0.15, 0.2) is 0 Å². The Labute approximate surface area is 136 Å². The maximum atomic E-state index is 4.58. The molecular weight excluding hydrogens is 288 g/mol. The molecule has 3 aromatic heterocycles. The van der Waals surface area contributed by atoms with Crippen LogP contribution < -0.4 is 5.32 Å². The fourth-order valence-corrected chi connectivity index (χ4v) is 2.61. The quantitative estimate of drug-likeness (QED) is 0.759. The normalized spacial score (nSPS) is 13.9. The fraction of sp³-hybridized carbons (Fsp3) is 0.353. The van der Waals surface area contributed by atoms with Gasteiger partial charge in [0.2, 0.25) is 0 Å². The lowest BCUT2D eigenvalue weighted by atomic mass is 10.1. The van der Waals surface area contributed by atoms with E-state index in [4.69, 9.17) is 0 Å². The molecule has 0 spiro atoms. The number of aromatic nitrogens is 5. The van der Waals surface area contributed by atoms with Crippen LogP contribution in [0.3, 0.4) is 0 Å². The first-order valence-corrected chi connectivity index (χ1v) is 7.80. The molecule has 0 aliphatic heterocycles. The van der Waals surface area contributed by atoms with Crippen LogP contribution in [0.2, 0.25) is 0 Å². The predicted molar refractivity (Wildman–Crippen MR) is 89.7 cm³/mol.